The van der Waals surface area contributed by atoms with Gasteiger partial charge in [0.05, 0.1) is 18.2 Å². The first-order valence-corrected chi connectivity index (χ1v) is 10.2. The third kappa shape index (κ3) is 3.28. The van der Waals surface area contributed by atoms with Crippen molar-refractivity contribution in [1.82, 2.24) is 15.1 Å². The SMILES string of the molecule is CCN(CN1C(=O)N[C@@](C)(c2ccccc2)C1=O)[C@@H]1CCS(=O)(=O)C1. The molecule has 25 heavy (non-hydrogen) atoms. The second kappa shape index (κ2) is 6.42. The number of carbonyl (C=O) groups excluding carboxylic acids is 2. The molecule has 7 nitrogen and oxygen atoms in total. The van der Waals surface area contributed by atoms with Crippen molar-refractivity contribution in [1.29, 1.82) is 0 Å². The minimum absolute atomic E-state index is 0.0838. The van der Waals surface area contributed by atoms with Crippen LogP contribution in [0.4, 0.5) is 4.79 Å². The third-order valence-electron chi connectivity index (χ3n) is 5.08. The Balaban J connectivity index is 1.79. The Bertz CT molecular complexity index is 780. The molecule has 1 N–H and O–H groups in total. The fourth-order valence-corrected chi connectivity index (χ4v) is 5.27. The zero-order valence-electron chi connectivity index (χ0n) is 14.4. The van der Waals surface area contributed by atoms with Crippen molar-refractivity contribution in [3.8, 4) is 0 Å². The van der Waals surface area contributed by atoms with Crippen LogP contribution < -0.4 is 5.32 Å². The largest absolute Gasteiger partial charge is 0.326 e. The monoisotopic (exact) mass is 365 g/mol. The maximum absolute atomic E-state index is 12.9. The lowest BCUT2D eigenvalue weighted by atomic mass is 9.92. The zero-order chi connectivity index (χ0) is 18.2. The fraction of sp³-hybridized carbons (Fsp3) is 0.529. The molecule has 2 fully saturated rings. The molecule has 2 aliphatic heterocycles. The first-order chi connectivity index (χ1) is 11.8. The summed E-state index contributed by atoms with van der Waals surface area (Å²) in [6, 6.07) is 8.51. The van der Waals surface area contributed by atoms with E-state index in [0.717, 1.165) is 5.56 Å². The summed E-state index contributed by atoms with van der Waals surface area (Å²) in [5.74, 6) is -0.0702. The molecule has 2 saturated heterocycles. The standard InChI is InChI=1S/C17H23N3O4S/c1-3-19(14-9-10-25(23,24)11-14)12-20-15(21)17(2,18-16(20)22)13-7-5-4-6-8-13/h4-8,14H,3,9-12H2,1-2H3,(H,18,22)/t14-,17+/m1/s1. The number of benzene rings is 1. The van der Waals surface area contributed by atoms with Gasteiger partial charge in [-0.05, 0) is 25.5 Å². The van der Waals surface area contributed by atoms with Gasteiger partial charge in [-0.25, -0.2) is 18.1 Å². The van der Waals surface area contributed by atoms with Crippen molar-refractivity contribution in [2.75, 3.05) is 24.7 Å². The molecule has 136 valence electrons. The Morgan fingerprint density at radius 1 is 1.28 bits per heavy atom. The fourth-order valence-electron chi connectivity index (χ4n) is 3.51. The van der Waals surface area contributed by atoms with E-state index in [1.807, 2.05) is 42.2 Å². The van der Waals surface area contributed by atoms with E-state index in [1.165, 1.54) is 4.90 Å². The summed E-state index contributed by atoms with van der Waals surface area (Å²) in [4.78, 5) is 28.4. The molecule has 8 heteroatoms. The number of sulfone groups is 1. The van der Waals surface area contributed by atoms with Crippen LogP contribution in [0.5, 0.6) is 0 Å². The Morgan fingerprint density at radius 2 is 1.96 bits per heavy atom. The van der Waals surface area contributed by atoms with E-state index in [-0.39, 0.29) is 30.1 Å². The summed E-state index contributed by atoms with van der Waals surface area (Å²) < 4.78 is 23.5. The van der Waals surface area contributed by atoms with Crippen LogP contribution in [0.3, 0.4) is 0 Å². The Labute approximate surface area is 147 Å². The first kappa shape index (κ1) is 17.9. The maximum atomic E-state index is 12.9. The highest BCUT2D eigenvalue weighted by Gasteiger charge is 2.49. The molecule has 0 bridgehead atoms. The summed E-state index contributed by atoms with van der Waals surface area (Å²) >= 11 is 0. The van der Waals surface area contributed by atoms with E-state index in [2.05, 4.69) is 5.32 Å². The van der Waals surface area contributed by atoms with E-state index < -0.39 is 21.4 Å². The highest BCUT2D eigenvalue weighted by molar-refractivity contribution is 7.91. The highest BCUT2D eigenvalue weighted by Crippen LogP contribution is 2.29. The number of amides is 3. The Morgan fingerprint density at radius 3 is 2.52 bits per heavy atom. The van der Waals surface area contributed by atoms with Crippen LogP contribution >= 0.6 is 0 Å². The van der Waals surface area contributed by atoms with Gasteiger partial charge in [0.25, 0.3) is 5.91 Å². The van der Waals surface area contributed by atoms with Crippen molar-refractivity contribution in [2.24, 2.45) is 0 Å². The number of nitrogens with one attached hydrogen (secondary N) is 1. The van der Waals surface area contributed by atoms with Crippen LogP contribution in [0, 0.1) is 0 Å². The Kier molecular flexibility index (Phi) is 4.59. The molecule has 0 aromatic heterocycles. The molecule has 2 atom stereocenters. The van der Waals surface area contributed by atoms with Crippen LogP contribution in [-0.2, 0) is 20.2 Å². The van der Waals surface area contributed by atoms with Gasteiger partial charge in [0.15, 0.2) is 9.84 Å². The van der Waals surface area contributed by atoms with Crippen LogP contribution in [0.15, 0.2) is 30.3 Å². The van der Waals surface area contributed by atoms with Crippen molar-refractivity contribution >= 4 is 21.8 Å². The normalized spacial score (nSPS) is 28.6. The number of rotatable bonds is 5. The molecular weight excluding hydrogens is 342 g/mol. The molecule has 0 saturated carbocycles. The lowest BCUT2D eigenvalue weighted by Crippen LogP contribution is -2.47. The molecule has 1 aromatic rings. The number of nitrogens with zero attached hydrogens (tertiary/aromatic N) is 2. The van der Waals surface area contributed by atoms with E-state index in [9.17, 15) is 18.0 Å². The van der Waals surface area contributed by atoms with E-state index in [0.29, 0.717) is 13.0 Å². The molecule has 3 amide bonds. The minimum Gasteiger partial charge on any atom is -0.319 e. The van der Waals surface area contributed by atoms with Gasteiger partial charge in [-0.2, -0.15) is 0 Å². The lowest BCUT2D eigenvalue weighted by Gasteiger charge is -2.30. The van der Waals surface area contributed by atoms with Gasteiger partial charge in [0.2, 0.25) is 0 Å². The number of urea groups is 1. The Hall–Kier alpha value is -1.93. The minimum atomic E-state index is -3.02. The summed E-state index contributed by atoms with van der Waals surface area (Å²) in [5.41, 5.74) is -0.373. The lowest BCUT2D eigenvalue weighted by molar-refractivity contribution is -0.132. The number of hydrogen-bond donors (Lipinski definition) is 1. The van der Waals surface area contributed by atoms with Crippen molar-refractivity contribution in [3.05, 3.63) is 35.9 Å². The van der Waals surface area contributed by atoms with Crippen LogP contribution in [0.2, 0.25) is 0 Å². The van der Waals surface area contributed by atoms with Crippen LogP contribution in [0.1, 0.15) is 25.8 Å². The predicted octanol–water partition coefficient (Wildman–Crippen LogP) is 0.920. The van der Waals surface area contributed by atoms with E-state index in [4.69, 9.17) is 0 Å². The molecule has 0 unspecified atom stereocenters. The summed E-state index contributed by atoms with van der Waals surface area (Å²) in [6.07, 6.45) is 0.537. The van der Waals surface area contributed by atoms with Gasteiger partial charge in [-0.15, -0.1) is 0 Å². The van der Waals surface area contributed by atoms with Gasteiger partial charge in [0, 0.05) is 6.04 Å². The third-order valence-corrected chi connectivity index (χ3v) is 6.83. The van der Waals surface area contributed by atoms with Crippen molar-refractivity contribution < 1.29 is 18.0 Å². The second-order valence-corrected chi connectivity index (χ2v) is 8.99. The number of carbonyl (C=O) groups is 2. The van der Waals surface area contributed by atoms with Crippen LogP contribution in [0.25, 0.3) is 0 Å². The highest BCUT2D eigenvalue weighted by atomic mass is 32.2. The summed E-state index contributed by atoms with van der Waals surface area (Å²) in [5, 5.41) is 2.78. The molecular formula is C17H23N3O4S. The van der Waals surface area contributed by atoms with Gasteiger partial charge >= 0.3 is 6.03 Å². The smallest absolute Gasteiger partial charge is 0.319 e. The number of imide groups is 1. The molecule has 0 aliphatic carbocycles. The van der Waals surface area contributed by atoms with Gasteiger partial charge in [-0.1, -0.05) is 37.3 Å². The molecule has 3 rings (SSSR count). The number of hydrogen-bond acceptors (Lipinski definition) is 5. The quantitative estimate of drug-likeness (QED) is 0.784. The maximum Gasteiger partial charge on any atom is 0.326 e. The molecule has 0 radical (unpaired) electrons. The average Bonchev–Trinajstić information content (AvgIpc) is 3.05. The second-order valence-electron chi connectivity index (χ2n) is 6.76. The van der Waals surface area contributed by atoms with Crippen LogP contribution in [-0.4, -0.2) is 60.9 Å². The average molecular weight is 365 g/mol. The summed E-state index contributed by atoms with van der Waals surface area (Å²) in [6.45, 7) is 4.27. The molecule has 2 aliphatic rings. The van der Waals surface area contributed by atoms with Crippen molar-refractivity contribution in [2.45, 2.75) is 31.8 Å². The van der Waals surface area contributed by atoms with Gasteiger partial charge in [-0.3, -0.25) is 9.69 Å². The van der Waals surface area contributed by atoms with Crippen molar-refractivity contribution in [3.63, 3.8) is 0 Å². The molecule has 0 spiro atoms. The first-order valence-electron chi connectivity index (χ1n) is 8.41. The van der Waals surface area contributed by atoms with E-state index >= 15 is 0 Å². The molecule has 1 aromatic carbocycles. The topological polar surface area (TPSA) is 86.8 Å². The van der Waals surface area contributed by atoms with Gasteiger partial charge < -0.3 is 5.32 Å². The predicted molar refractivity (Wildman–Crippen MR) is 93.5 cm³/mol. The van der Waals surface area contributed by atoms with Gasteiger partial charge in [0.1, 0.15) is 5.54 Å². The zero-order valence-corrected chi connectivity index (χ0v) is 15.3. The van der Waals surface area contributed by atoms with E-state index in [1.54, 1.807) is 6.92 Å². The summed E-state index contributed by atoms with van der Waals surface area (Å²) in [7, 11) is -3.02. The molecule has 2 heterocycles.